The number of amides is 1. The number of aryl methyl sites for hydroxylation is 1. The van der Waals surface area contributed by atoms with E-state index in [9.17, 15) is 4.79 Å². The molecule has 116 valence electrons. The molecule has 0 bridgehead atoms. The van der Waals surface area contributed by atoms with Gasteiger partial charge in [0.1, 0.15) is 12.4 Å². The van der Waals surface area contributed by atoms with Gasteiger partial charge in [-0.3, -0.25) is 4.79 Å². The van der Waals surface area contributed by atoms with E-state index in [-0.39, 0.29) is 11.8 Å². The van der Waals surface area contributed by atoms with Crippen molar-refractivity contribution in [2.45, 2.75) is 19.8 Å². The van der Waals surface area contributed by atoms with E-state index in [0.29, 0.717) is 24.6 Å². The van der Waals surface area contributed by atoms with E-state index in [1.165, 1.54) is 0 Å². The van der Waals surface area contributed by atoms with Gasteiger partial charge in [0.2, 0.25) is 5.91 Å². The lowest BCUT2D eigenvalue weighted by molar-refractivity contribution is -0.126. The van der Waals surface area contributed by atoms with Gasteiger partial charge < -0.3 is 10.1 Å². The SMILES string of the molecule is Cc1nc(CCNC(=O)[C@@H]2COc3ccc(Cl)cc3C2)cs1. The largest absolute Gasteiger partial charge is 0.492 e. The highest BCUT2D eigenvalue weighted by atomic mass is 35.5. The number of rotatable bonds is 4. The van der Waals surface area contributed by atoms with Gasteiger partial charge in [-0.05, 0) is 37.1 Å². The number of fused-ring (bicyclic) bond motifs is 1. The zero-order valence-corrected chi connectivity index (χ0v) is 13.8. The van der Waals surface area contributed by atoms with Gasteiger partial charge in [0.25, 0.3) is 0 Å². The number of benzene rings is 1. The van der Waals surface area contributed by atoms with Crippen molar-refractivity contribution in [3.63, 3.8) is 0 Å². The fourth-order valence-electron chi connectivity index (χ4n) is 2.51. The number of thiazole rings is 1. The third-order valence-corrected chi connectivity index (χ3v) is 4.70. The van der Waals surface area contributed by atoms with Gasteiger partial charge in [-0.2, -0.15) is 0 Å². The van der Waals surface area contributed by atoms with Gasteiger partial charge in [0.15, 0.2) is 0 Å². The van der Waals surface area contributed by atoms with Crippen LogP contribution in [-0.4, -0.2) is 24.0 Å². The van der Waals surface area contributed by atoms with Crippen molar-refractivity contribution in [2.75, 3.05) is 13.2 Å². The van der Waals surface area contributed by atoms with Crippen LogP contribution < -0.4 is 10.1 Å². The molecule has 2 heterocycles. The summed E-state index contributed by atoms with van der Waals surface area (Å²) in [4.78, 5) is 16.6. The second-order valence-electron chi connectivity index (χ2n) is 5.36. The molecule has 1 aliphatic heterocycles. The molecule has 0 radical (unpaired) electrons. The summed E-state index contributed by atoms with van der Waals surface area (Å²) in [6.45, 7) is 2.99. The van der Waals surface area contributed by atoms with Crippen LogP contribution in [0.5, 0.6) is 5.75 Å². The lowest BCUT2D eigenvalue weighted by Gasteiger charge is -2.24. The molecule has 1 aliphatic rings. The second kappa shape index (κ2) is 6.67. The fourth-order valence-corrected chi connectivity index (χ4v) is 3.35. The molecule has 0 saturated heterocycles. The molecule has 22 heavy (non-hydrogen) atoms. The number of carbonyl (C=O) groups is 1. The third kappa shape index (κ3) is 3.59. The first-order chi connectivity index (χ1) is 10.6. The first kappa shape index (κ1) is 15.3. The molecule has 0 saturated carbocycles. The Morgan fingerprint density at radius 3 is 3.18 bits per heavy atom. The normalized spacial score (nSPS) is 16.7. The molecule has 2 aromatic rings. The van der Waals surface area contributed by atoms with Gasteiger partial charge in [0, 0.05) is 23.4 Å². The Bertz CT molecular complexity index is 687. The van der Waals surface area contributed by atoms with Crippen LogP contribution in [0, 0.1) is 12.8 Å². The van der Waals surface area contributed by atoms with Crippen molar-refractivity contribution >= 4 is 28.8 Å². The molecule has 0 spiro atoms. The fraction of sp³-hybridized carbons (Fsp3) is 0.375. The highest BCUT2D eigenvalue weighted by Gasteiger charge is 2.25. The average molecular weight is 337 g/mol. The van der Waals surface area contributed by atoms with E-state index in [1.807, 2.05) is 24.4 Å². The maximum absolute atomic E-state index is 12.2. The van der Waals surface area contributed by atoms with Crippen LogP contribution in [0.1, 0.15) is 16.3 Å². The van der Waals surface area contributed by atoms with Crippen LogP contribution in [-0.2, 0) is 17.6 Å². The first-order valence-electron chi connectivity index (χ1n) is 7.22. The van der Waals surface area contributed by atoms with E-state index in [4.69, 9.17) is 16.3 Å². The molecule has 0 aliphatic carbocycles. The number of hydrogen-bond donors (Lipinski definition) is 1. The number of halogens is 1. The van der Waals surface area contributed by atoms with Crippen LogP contribution in [0.2, 0.25) is 5.02 Å². The predicted octanol–water partition coefficient (Wildman–Crippen LogP) is 3.01. The predicted molar refractivity (Wildman–Crippen MR) is 87.7 cm³/mol. The zero-order chi connectivity index (χ0) is 15.5. The molecule has 0 fully saturated rings. The molecule has 1 amide bonds. The summed E-state index contributed by atoms with van der Waals surface area (Å²) in [6, 6.07) is 5.53. The molecule has 3 rings (SSSR count). The van der Waals surface area contributed by atoms with Gasteiger partial charge in [-0.1, -0.05) is 11.6 Å². The van der Waals surface area contributed by atoms with Crippen LogP contribution in [0.4, 0.5) is 0 Å². The summed E-state index contributed by atoms with van der Waals surface area (Å²) in [6.07, 6.45) is 1.42. The van der Waals surface area contributed by atoms with Crippen molar-refractivity contribution in [1.29, 1.82) is 0 Å². The highest BCUT2D eigenvalue weighted by molar-refractivity contribution is 7.09. The topological polar surface area (TPSA) is 51.2 Å². The molecule has 1 atom stereocenters. The lowest BCUT2D eigenvalue weighted by Crippen LogP contribution is -2.38. The first-order valence-corrected chi connectivity index (χ1v) is 8.47. The summed E-state index contributed by atoms with van der Waals surface area (Å²) in [5.41, 5.74) is 2.02. The summed E-state index contributed by atoms with van der Waals surface area (Å²) >= 11 is 7.62. The zero-order valence-electron chi connectivity index (χ0n) is 12.3. The van der Waals surface area contributed by atoms with Crippen LogP contribution >= 0.6 is 22.9 Å². The quantitative estimate of drug-likeness (QED) is 0.933. The molecular weight excluding hydrogens is 320 g/mol. The average Bonchev–Trinajstić information content (AvgIpc) is 2.92. The van der Waals surface area contributed by atoms with Crippen molar-refractivity contribution in [3.05, 3.63) is 44.9 Å². The van der Waals surface area contributed by atoms with Gasteiger partial charge in [0.05, 0.1) is 16.6 Å². The number of ether oxygens (including phenoxy) is 1. The lowest BCUT2D eigenvalue weighted by atomic mass is 9.96. The Morgan fingerprint density at radius 2 is 2.41 bits per heavy atom. The van der Waals surface area contributed by atoms with Crippen molar-refractivity contribution in [3.8, 4) is 5.75 Å². The minimum absolute atomic E-state index is 0.0255. The van der Waals surface area contributed by atoms with E-state index >= 15 is 0 Å². The van der Waals surface area contributed by atoms with Crippen LogP contribution in [0.15, 0.2) is 23.6 Å². The Balaban J connectivity index is 1.53. The summed E-state index contributed by atoms with van der Waals surface area (Å²) in [5.74, 6) is 0.687. The Labute approximate surface area is 138 Å². The molecule has 4 nitrogen and oxygen atoms in total. The Morgan fingerprint density at radius 1 is 1.55 bits per heavy atom. The molecule has 0 unspecified atom stereocenters. The van der Waals surface area contributed by atoms with E-state index in [2.05, 4.69) is 10.3 Å². The maximum atomic E-state index is 12.2. The van der Waals surface area contributed by atoms with Crippen LogP contribution in [0.3, 0.4) is 0 Å². The number of nitrogens with one attached hydrogen (secondary N) is 1. The number of nitrogens with zero attached hydrogens (tertiary/aromatic N) is 1. The standard InChI is InChI=1S/C16H17ClN2O2S/c1-10-19-14(9-22-10)4-5-18-16(20)12-6-11-7-13(17)2-3-15(11)21-8-12/h2-3,7,9,12H,4-6,8H2,1H3,(H,18,20)/t12-/m0/s1. The summed E-state index contributed by atoms with van der Waals surface area (Å²) < 4.78 is 5.65. The number of carbonyl (C=O) groups excluding carboxylic acids is 1. The van der Waals surface area contributed by atoms with Gasteiger partial charge in [-0.25, -0.2) is 4.98 Å². The molecule has 6 heteroatoms. The van der Waals surface area contributed by atoms with E-state index in [0.717, 1.165) is 28.4 Å². The van der Waals surface area contributed by atoms with Crippen molar-refractivity contribution in [1.82, 2.24) is 10.3 Å². The molecule has 1 aromatic heterocycles. The summed E-state index contributed by atoms with van der Waals surface area (Å²) in [5, 5.41) is 6.72. The smallest absolute Gasteiger partial charge is 0.226 e. The highest BCUT2D eigenvalue weighted by Crippen LogP contribution is 2.29. The minimum Gasteiger partial charge on any atom is -0.492 e. The molecule has 1 aromatic carbocycles. The Hall–Kier alpha value is -1.59. The van der Waals surface area contributed by atoms with Gasteiger partial charge in [-0.15, -0.1) is 11.3 Å². The van der Waals surface area contributed by atoms with E-state index in [1.54, 1.807) is 17.4 Å². The van der Waals surface area contributed by atoms with Crippen molar-refractivity contribution in [2.24, 2.45) is 5.92 Å². The molecular formula is C16H17ClN2O2S. The second-order valence-corrected chi connectivity index (χ2v) is 6.86. The number of hydrogen-bond acceptors (Lipinski definition) is 4. The summed E-state index contributed by atoms with van der Waals surface area (Å²) in [7, 11) is 0. The van der Waals surface area contributed by atoms with Crippen LogP contribution in [0.25, 0.3) is 0 Å². The maximum Gasteiger partial charge on any atom is 0.226 e. The van der Waals surface area contributed by atoms with E-state index < -0.39 is 0 Å². The van der Waals surface area contributed by atoms with Gasteiger partial charge >= 0.3 is 0 Å². The monoisotopic (exact) mass is 336 g/mol. The Kier molecular flexibility index (Phi) is 4.64. The van der Waals surface area contributed by atoms with Crippen molar-refractivity contribution < 1.29 is 9.53 Å². The minimum atomic E-state index is -0.164. The molecule has 1 N–H and O–H groups in total. The number of aromatic nitrogens is 1. The third-order valence-electron chi connectivity index (χ3n) is 3.65.